The van der Waals surface area contributed by atoms with E-state index in [9.17, 15) is 5.11 Å². The standard InChI is InChI=1S/C6H13ClO/c1-4-6(3,8)5(2)7/h5,8H,4H2,1-3H3/t5-,6-/m1/s1. The van der Waals surface area contributed by atoms with Crippen molar-refractivity contribution in [3.05, 3.63) is 0 Å². The lowest BCUT2D eigenvalue weighted by Gasteiger charge is -2.23. The average Bonchev–Trinajstić information content (AvgIpc) is 1.67. The van der Waals surface area contributed by atoms with E-state index in [4.69, 9.17) is 11.6 Å². The molecule has 0 aliphatic carbocycles. The van der Waals surface area contributed by atoms with Crippen LogP contribution in [0.5, 0.6) is 0 Å². The third-order valence-electron chi connectivity index (χ3n) is 1.57. The highest BCUT2D eigenvalue weighted by molar-refractivity contribution is 6.21. The molecule has 0 saturated heterocycles. The molecule has 8 heavy (non-hydrogen) atoms. The highest BCUT2D eigenvalue weighted by atomic mass is 35.5. The lowest BCUT2D eigenvalue weighted by atomic mass is 10.0. The third kappa shape index (κ3) is 2.01. The van der Waals surface area contributed by atoms with E-state index in [2.05, 4.69) is 0 Å². The molecule has 2 atom stereocenters. The lowest BCUT2D eigenvalue weighted by Crippen LogP contribution is -2.32. The van der Waals surface area contributed by atoms with Crippen molar-refractivity contribution in [2.45, 2.75) is 38.2 Å². The van der Waals surface area contributed by atoms with Gasteiger partial charge in [0.15, 0.2) is 0 Å². The van der Waals surface area contributed by atoms with Gasteiger partial charge in [-0.05, 0) is 20.3 Å². The first-order chi connectivity index (χ1) is 3.50. The summed E-state index contributed by atoms with van der Waals surface area (Å²) in [7, 11) is 0. The maximum absolute atomic E-state index is 9.27. The van der Waals surface area contributed by atoms with E-state index in [1.165, 1.54) is 0 Å². The van der Waals surface area contributed by atoms with Crippen LogP contribution in [0.2, 0.25) is 0 Å². The van der Waals surface area contributed by atoms with E-state index in [1.54, 1.807) is 13.8 Å². The molecule has 0 aromatic rings. The van der Waals surface area contributed by atoms with Crippen LogP contribution in [0, 0.1) is 0 Å². The number of alkyl halides is 1. The van der Waals surface area contributed by atoms with Crippen LogP contribution in [-0.4, -0.2) is 16.1 Å². The quantitative estimate of drug-likeness (QED) is 0.574. The van der Waals surface area contributed by atoms with Crippen LogP contribution in [-0.2, 0) is 0 Å². The van der Waals surface area contributed by atoms with Gasteiger partial charge in [0.05, 0.1) is 11.0 Å². The van der Waals surface area contributed by atoms with Crippen LogP contribution < -0.4 is 0 Å². The number of halogens is 1. The largest absolute Gasteiger partial charge is 0.389 e. The summed E-state index contributed by atoms with van der Waals surface area (Å²) < 4.78 is 0. The Kier molecular flexibility index (Phi) is 2.78. The first kappa shape index (κ1) is 8.25. The first-order valence-electron chi connectivity index (χ1n) is 2.87. The molecule has 0 rings (SSSR count). The number of aliphatic hydroxyl groups is 1. The topological polar surface area (TPSA) is 20.2 Å². The van der Waals surface area contributed by atoms with E-state index >= 15 is 0 Å². The predicted octanol–water partition coefficient (Wildman–Crippen LogP) is 1.77. The van der Waals surface area contributed by atoms with Crippen molar-refractivity contribution in [3.63, 3.8) is 0 Å². The molecule has 0 aromatic heterocycles. The maximum atomic E-state index is 9.27. The predicted molar refractivity (Wildman–Crippen MR) is 36.2 cm³/mol. The monoisotopic (exact) mass is 136 g/mol. The van der Waals surface area contributed by atoms with Crippen molar-refractivity contribution in [2.75, 3.05) is 0 Å². The minimum Gasteiger partial charge on any atom is -0.389 e. The van der Waals surface area contributed by atoms with Crippen LogP contribution in [0.1, 0.15) is 27.2 Å². The Bertz CT molecular complexity index is 68.9. The summed E-state index contributed by atoms with van der Waals surface area (Å²) in [6.45, 7) is 5.45. The molecular formula is C6H13ClO. The molecule has 0 saturated carbocycles. The van der Waals surface area contributed by atoms with Gasteiger partial charge in [0, 0.05) is 0 Å². The zero-order chi connectivity index (χ0) is 6.78. The normalized spacial score (nSPS) is 22.1. The van der Waals surface area contributed by atoms with Gasteiger partial charge < -0.3 is 5.11 Å². The van der Waals surface area contributed by atoms with Gasteiger partial charge in [-0.25, -0.2) is 0 Å². The summed E-state index contributed by atoms with van der Waals surface area (Å²) >= 11 is 5.62. The summed E-state index contributed by atoms with van der Waals surface area (Å²) in [5.41, 5.74) is -0.693. The molecule has 0 aliphatic rings. The van der Waals surface area contributed by atoms with Crippen LogP contribution in [0.4, 0.5) is 0 Å². The molecule has 0 amide bonds. The second-order valence-electron chi connectivity index (χ2n) is 2.33. The Morgan fingerprint density at radius 3 is 2.12 bits per heavy atom. The third-order valence-corrected chi connectivity index (χ3v) is 2.04. The molecular weight excluding hydrogens is 124 g/mol. The minimum atomic E-state index is -0.693. The summed E-state index contributed by atoms with van der Waals surface area (Å²) in [6, 6.07) is 0. The second-order valence-corrected chi connectivity index (χ2v) is 2.98. The van der Waals surface area contributed by atoms with Crippen molar-refractivity contribution >= 4 is 11.6 Å². The van der Waals surface area contributed by atoms with Gasteiger partial charge in [-0.1, -0.05) is 6.92 Å². The van der Waals surface area contributed by atoms with Gasteiger partial charge in [-0.3, -0.25) is 0 Å². The van der Waals surface area contributed by atoms with Gasteiger partial charge >= 0.3 is 0 Å². The highest BCUT2D eigenvalue weighted by Crippen LogP contribution is 2.18. The second kappa shape index (κ2) is 2.70. The Morgan fingerprint density at radius 1 is 1.75 bits per heavy atom. The molecule has 0 heterocycles. The molecule has 0 aliphatic heterocycles. The Hall–Kier alpha value is 0.250. The molecule has 0 aromatic carbocycles. The maximum Gasteiger partial charge on any atom is 0.0777 e. The van der Waals surface area contributed by atoms with Crippen LogP contribution >= 0.6 is 11.6 Å². The number of hydrogen-bond acceptors (Lipinski definition) is 1. The van der Waals surface area contributed by atoms with Crippen LogP contribution in [0.15, 0.2) is 0 Å². The molecule has 50 valence electrons. The average molecular weight is 137 g/mol. The zero-order valence-corrected chi connectivity index (χ0v) is 6.37. The number of rotatable bonds is 2. The van der Waals surface area contributed by atoms with Gasteiger partial charge in [0.1, 0.15) is 0 Å². The molecule has 0 fully saturated rings. The molecule has 1 nitrogen and oxygen atoms in total. The fourth-order valence-electron chi connectivity index (χ4n) is 0.281. The van der Waals surface area contributed by atoms with Crippen molar-refractivity contribution in [2.24, 2.45) is 0 Å². The lowest BCUT2D eigenvalue weighted by molar-refractivity contribution is 0.0559. The first-order valence-corrected chi connectivity index (χ1v) is 3.30. The summed E-state index contributed by atoms with van der Waals surface area (Å²) in [6.07, 6.45) is 0.706. The smallest absolute Gasteiger partial charge is 0.0777 e. The summed E-state index contributed by atoms with van der Waals surface area (Å²) in [5, 5.41) is 9.11. The molecule has 0 bridgehead atoms. The minimum absolute atomic E-state index is 0.160. The van der Waals surface area contributed by atoms with Crippen LogP contribution in [0.25, 0.3) is 0 Å². The fourth-order valence-corrected chi connectivity index (χ4v) is 0.436. The Labute approximate surface area is 55.7 Å². The van der Waals surface area contributed by atoms with Crippen molar-refractivity contribution in [1.29, 1.82) is 0 Å². The van der Waals surface area contributed by atoms with Gasteiger partial charge in [-0.2, -0.15) is 0 Å². The van der Waals surface area contributed by atoms with E-state index < -0.39 is 5.60 Å². The van der Waals surface area contributed by atoms with E-state index in [0.29, 0.717) is 6.42 Å². The molecule has 0 spiro atoms. The summed E-state index contributed by atoms with van der Waals surface area (Å²) in [5.74, 6) is 0. The zero-order valence-electron chi connectivity index (χ0n) is 5.61. The van der Waals surface area contributed by atoms with E-state index in [0.717, 1.165) is 0 Å². The van der Waals surface area contributed by atoms with E-state index in [-0.39, 0.29) is 5.38 Å². The van der Waals surface area contributed by atoms with Gasteiger partial charge in [0.2, 0.25) is 0 Å². The Morgan fingerprint density at radius 2 is 2.12 bits per heavy atom. The van der Waals surface area contributed by atoms with E-state index in [1.807, 2.05) is 6.92 Å². The fraction of sp³-hybridized carbons (Fsp3) is 1.00. The highest BCUT2D eigenvalue weighted by Gasteiger charge is 2.23. The Balaban J connectivity index is 3.71. The van der Waals surface area contributed by atoms with Crippen molar-refractivity contribution in [1.82, 2.24) is 0 Å². The van der Waals surface area contributed by atoms with Gasteiger partial charge in [-0.15, -0.1) is 11.6 Å². The summed E-state index contributed by atoms with van der Waals surface area (Å²) in [4.78, 5) is 0. The van der Waals surface area contributed by atoms with Crippen molar-refractivity contribution in [3.8, 4) is 0 Å². The molecule has 1 N–H and O–H groups in total. The van der Waals surface area contributed by atoms with Crippen LogP contribution in [0.3, 0.4) is 0 Å². The molecule has 2 heteroatoms. The van der Waals surface area contributed by atoms with Crippen molar-refractivity contribution < 1.29 is 5.11 Å². The number of hydrogen-bond donors (Lipinski definition) is 1. The SMILES string of the molecule is CC[C@@](C)(O)[C@@H](C)Cl. The van der Waals surface area contributed by atoms with Gasteiger partial charge in [0.25, 0.3) is 0 Å². The molecule has 0 radical (unpaired) electrons. The molecule has 0 unspecified atom stereocenters.